The molecule has 0 unspecified atom stereocenters. The van der Waals surface area contributed by atoms with Crippen LogP contribution in [0.3, 0.4) is 0 Å². The number of hydrogen-bond donors (Lipinski definition) is 2. The van der Waals surface area contributed by atoms with Crippen molar-refractivity contribution in [1.29, 1.82) is 5.26 Å². The standard InChI is InChI=1S/C19H16FN3O4/c20-16-4-2-1-3-14(16)11-22-18(25)12-27-19(26)13-5-7-15(8-6-13)23-17(24)9-10-21/h1-8H,9,11-12H2,(H,22,25)(H,23,24). The van der Waals surface area contributed by atoms with Gasteiger partial charge in [-0.15, -0.1) is 0 Å². The molecule has 0 aliphatic heterocycles. The lowest BCUT2D eigenvalue weighted by Crippen LogP contribution is -2.28. The minimum Gasteiger partial charge on any atom is -0.452 e. The van der Waals surface area contributed by atoms with E-state index in [1.807, 2.05) is 0 Å². The zero-order valence-electron chi connectivity index (χ0n) is 14.2. The Balaban J connectivity index is 1.79. The molecule has 0 radical (unpaired) electrons. The highest BCUT2D eigenvalue weighted by Crippen LogP contribution is 2.11. The van der Waals surface area contributed by atoms with Gasteiger partial charge in [-0.3, -0.25) is 9.59 Å². The Kier molecular flexibility index (Phi) is 7.02. The minimum atomic E-state index is -0.717. The van der Waals surface area contributed by atoms with E-state index in [1.165, 1.54) is 30.3 Å². The fourth-order valence-electron chi connectivity index (χ4n) is 2.07. The predicted octanol–water partition coefficient (Wildman–Crippen LogP) is 2.15. The number of amides is 2. The van der Waals surface area contributed by atoms with E-state index in [0.29, 0.717) is 11.3 Å². The van der Waals surface area contributed by atoms with Crippen LogP contribution in [0.2, 0.25) is 0 Å². The van der Waals surface area contributed by atoms with Crippen LogP contribution in [0.4, 0.5) is 10.1 Å². The van der Waals surface area contributed by atoms with Gasteiger partial charge in [-0.05, 0) is 30.3 Å². The van der Waals surface area contributed by atoms with Crippen molar-refractivity contribution < 1.29 is 23.5 Å². The van der Waals surface area contributed by atoms with E-state index < -0.39 is 30.2 Å². The number of anilines is 1. The van der Waals surface area contributed by atoms with Crippen molar-refractivity contribution >= 4 is 23.5 Å². The Morgan fingerprint density at radius 3 is 2.41 bits per heavy atom. The van der Waals surface area contributed by atoms with E-state index >= 15 is 0 Å². The van der Waals surface area contributed by atoms with Gasteiger partial charge in [0.2, 0.25) is 5.91 Å². The number of hydrogen-bond acceptors (Lipinski definition) is 5. The van der Waals surface area contributed by atoms with E-state index in [1.54, 1.807) is 24.3 Å². The van der Waals surface area contributed by atoms with Crippen LogP contribution in [0, 0.1) is 17.1 Å². The number of nitrogens with zero attached hydrogens (tertiary/aromatic N) is 1. The maximum Gasteiger partial charge on any atom is 0.338 e. The number of esters is 1. The molecular formula is C19H16FN3O4. The molecule has 2 amide bonds. The number of ether oxygens (including phenoxy) is 1. The molecule has 0 aliphatic carbocycles. The van der Waals surface area contributed by atoms with Gasteiger partial charge in [0.25, 0.3) is 5.91 Å². The van der Waals surface area contributed by atoms with Crippen LogP contribution in [-0.4, -0.2) is 24.4 Å². The fourth-order valence-corrected chi connectivity index (χ4v) is 2.07. The van der Waals surface area contributed by atoms with Crippen LogP contribution >= 0.6 is 0 Å². The topological polar surface area (TPSA) is 108 Å². The molecule has 0 heterocycles. The van der Waals surface area contributed by atoms with E-state index in [4.69, 9.17) is 10.00 Å². The molecule has 0 aliphatic rings. The average molecular weight is 369 g/mol. The number of carbonyl (C=O) groups excluding carboxylic acids is 3. The molecule has 27 heavy (non-hydrogen) atoms. The molecule has 0 bridgehead atoms. The van der Waals surface area contributed by atoms with Crippen molar-refractivity contribution in [1.82, 2.24) is 5.32 Å². The lowest BCUT2D eigenvalue weighted by molar-refractivity contribution is -0.124. The summed E-state index contributed by atoms with van der Waals surface area (Å²) in [7, 11) is 0. The van der Waals surface area contributed by atoms with Crippen LogP contribution in [-0.2, 0) is 20.9 Å². The average Bonchev–Trinajstić information content (AvgIpc) is 2.66. The summed E-state index contributed by atoms with van der Waals surface area (Å²) in [5, 5.41) is 13.4. The van der Waals surface area contributed by atoms with E-state index in [0.717, 1.165) is 0 Å². The summed E-state index contributed by atoms with van der Waals surface area (Å²) in [6.45, 7) is -0.520. The second-order valence-electron chi connectivity index (χ2n) is 5.40. The van der Waals surface area contributed by atoms with Crippen molar-refractivity contribution in [2.45, 2.75) is 13.0 Å². The largest absolute Gasteiger partial charge is 0.452 e. The highest BCUT2D eigenvalue weighted by atomic mass is 19.1. The first-order chi connectivity index (χ1) is 13.0. The first-order valence-electron chi connectivity index (χ1n) is 7.93. The minimum absolute atomic E-state index is 0.0137. The molecule has 0 atom stereocenters. The van der Waals surface area contributed by atoms with E-state index in [2.05, 4.69) is 10.6 Å². The molecule has 8 heteroatoms. The molecule has 0 spiro atoms. The van der Waals surface area contributed by atoms with Crippen LogP contribution in [0.5, 0.6) is 0 Å². The Labute approximate surface area is 154 Å². The molecule has 2 N–H and O–H groups in total. The van der Waals surface area contributed by atoms with Gasteiger partial charge < -0.3 is 15.4 Å². The maximum atomic E-state index is 13.5. The van der Waals surface area contributed by atoms with E-state index in [9.17, 15) is 18.8 Å². The second kappa shape index (κ2) is 9.68. The zero-order chi connectivity index (χ0) is 19.6. The SMILES string of the molecule is N#CCC(=O)Nc1ccc(C(=O)OCC(=O)NCc2ccccc2F)cc1. The summed E-state index contributed by atoms with van der Waals surface area (Å²) in [5.74, 6) is -2.17. The Bertz CT molecular complexity index is 875. The number of carbonyl (C=O) groups is 3. The van der Waals surface area contributed by atoms with Gasteiger partial charge in [0.05, 0.1) is 11.6 Å². The van der Waals surface area contributed by atoms with Gasteiger partial charge in [0.15, 0.2) is 6.61 Å². The van der Waals surface area contributed by atoms with Crippen LogP contribution in [0.15, 0.2) is 48.5 Å². The summed E-state index contributed by atoms with van der Waals surface area (Å²) in [5.41, 5.74) is 0.941. The third-order valence-corrected chi connectivity index (χ3v) is 3.41. The summed E-state index contributed by atoms with van der Waals surface area (Å²) >= 11 is 0. The first kappa shape index (κ1) is 19.6. The van der Waals surface area contributed by atoms with Crippen molar-refractivity contribution in [2.75, 3.05) is 11.9 Å². The molecule has 0 saturated heterocycles. The molecule has 0 aromatic heterocycles. The van der Waals surface area contributed by atoms with Crippen molar-refractivity contribution in [2.24, 2.45) is 0 Å². The summed E-state index contributed by atoms with van der Waals surface area (Å²) in [6, 6.07) is 13.5. The van der Waals surface area contributed by atoms with Gasteiger partial charge in [0, 0.05) is 17.8 Å². The fraction of sp³-hybridized carbons (Fsp3) is 0.158. The van der Waals surface area contributed by atoms with Crippen LogP contribution < -0.4 is 10.6 Å². The Hall–Kier alpha value is -3.73. The Morgan fingerprint density at radius 1 is 1.04 bits per heavy atom. The number of halogens is 1. The van der Waals surface area contributed by atoms with Crippen molar-refractivity contribution in [3.05, 3.63) is 65.5 Å². The number of benzene rings is 2. The lowest BCUT2D eigenvalue weighted by Gasteiger charge is -2.08. The summed E-state index contributed by atoms with van der Waals surface area (Å²) < 4.78 is 18.3. The molecule has 2 aromatic rings. The number of nitrogens with one attached hydrogen (secondary N) is 2. The first-order valence-corrected chi connectivity index (χ1v) is 7.93. The quantitative estimate of drug-likeness (QED) is 0.727. The Morgan fingerprint density at radius 2 is 1.74 bits per heavy atom. The molecule has 138 valence electrons. The zero-order valence-corrected chi connectivity index (χ0v) is 14.2. The molecule has 0 saturated carbocycles. The van der Waals surface area contributed by atoms with Gasteiger partial charge >= 0.3 is 5.97 Å². The normalized spacial score (nSPS) is 9.78. The summed E-state index contributed by atoms with van der Waals surface area (Å²) in [6.07, 6.45) is -0.272. The number of rotatable bonds is 7. The van der Waals surface area contributed by atoms with Crippen molar-refractivity contribution in [3.63, 3.8) is 0 Å². The monoisotopic (exact) mass is 369 g/mol. The van der Waals surface area contributed by atoms with Gasteiger partial charge in [0.1, 0.15) is 12.2 Å². The highest BCUT2D eigenvalue weighted by Gasteiger charge is 2.11. The lowest BCUT2D eigenvalue weighted by atomic mass is 10.2. The highest BCUT2D eigenvalue weighted by molar-refractivity contribution is 5.94. The second-order valence-corrected chi connectivity index (χ2v) is 5.40. The molecule has 2 aromatic carbocycles. The maximum absolute atomic E-state index is 13.5. The van der Waals surface area contributed by atoms with Gasteiger partial charge in [-0.1, -0.05) is 18.2 Å². The smallest absolute Gasteiger partial charge is 0.338 e. The third kappa shape index (κ3) is 6.25. The molecule has 7 nitrogen and oxygen atoms in total. The molecule has 0 fully saturated rings. The van der Waals surface area contributed by atoms with Crippen molar-refractivity contribution in [3.8, 4) is 6.07 Å². The molecular weight excluding hydrogens is 353 g/mol. The van der Waals surface area contributed by atoms with Crippen LogP contribution in [0.25, 0.3) is 0 Å². The predicted molar refractivity (Wildman–Crippen MR) is 93.8 cm³/mol. The van der Waals surface area contributed by atoms with Gasteiger partial charge in [-0.2, -0.15) is 5.26 Å². The van der Waals surface area contributed by atoms with Gasteiger partial charge in [-0.25, -0.2) is 9.18 Å². The van der Waals surface area contributed by atoms with Crippen LogP contribution in [0.1, 0.15) is 22.3 Å². The van der Waals surface area contributed by atoms with E-state index in [-0.39, 0.29) is 18.5 Å². The summed E-state index contributed by atoms with van der Waals surface area (Å²) in [4.78, 5) is 34.9. The number of nitriles is 1. The molecule has 2 rings (SSSR count). The third-order valence-electron chi connectivity index (χ3n) is 3.41.